The lowest BCUT2D eigenvalue weighted by Gasteiger charge is -2.30. The summed E-state index contributed by atoms with van der Waals surface area (Å²) in [6.45, 7) is 10.8. The first kappa shape index (κ1) is 17.8. The maximum Gasteiger partial charge on any atom is 0.230 e. The van der Waals surface area contributed by atoms with Crippen LogP contribution in [-0.2, 0) is 10.2 Å². The van der Waals surface area contributed by atoms with Gasteiger partial charge in [0.1, 0.15) is 5.75 Å². The molecule has 0 saturated carbocycles. The highest BCUT2D eigenvalue weighted by molar-refractivity contribution is 5.87. The molecule has 1 aromatic rings. The number of piperidine rings is 1. The highest BCUT2D eigenvalue weighted by atomic mass is 16.5. The number of amides is 1. The van der Waals surface area contributed by atoms with Gasteiger partial charge in [-0.25, -0.2) is 0 Å². The number of nitrogens with one attached hydrogen (secondary N) is 2. The molecular formula is C19H30N2O2. The molecule has 1 unspecified atom stereocenters. The molecule has 1 fully saturated rings. The van der Waals surface area contributed by atoms with Crippen molar-refractivity contribution < 1.29 is 9.53 Å². The molecule has 4 heteroatoms. The van der Waals surface area contributed by atoms with Gasteiger partial charge in [-0.3, -0.25) is 4.79 Å². The Balaban J connectivity index is 1.98. The van der Waals surface area contributed by atoms with Crippen LogP contribution in [0.3, 0.4) is 0 Å². The summed E-state index contributed by atoms with van der Waals surface area (Å²) >= 11 is 0. The molecule has 1 heterocycles. The highest BCUT2D eigenvalue weighted by Crippen LogP contribution is 2.26. The van der Waals surface area contributed by atoms with Crippen molar-refractivity contribution in [1.29, 1.82) is 0 Å². The average molecular weight is 318 g/mol. The number of hydrogen-bond donors (Lipinski definition) is 2. The van der Waals surface area contributed by atoms with E-state index in [4.69, 9.17) is 4.74 Å². The molecule has 0 aromatic heterocycles. The zero-order chi connectivity index (χ0) is 16.9. The molecule has 0 spiro atoms. The molecule has 0 aliphatic carbocycles. The second-order valence-corrected chi connectivity index (χ2v) is 7.37. The fourth-order valence-corrected chi connectivity index (χ4v) is 2.70. The van der Waals surface area contributed by atoms with Crippen LogP contribution in [-0.4, -0.2) is 31.6 Å². The van der Waals surface area contributed by atoms with E-state index in [2.05, 4.69) is 24.5 Å². The Hall–Kier alpha value is -1.55. The minimum atomic E-state index is -0.548. The molecule has 1 aliphatic rings. The molecule has 1 aliphatic heterocycles. The molecular weight excluding hydrogens is 288 g/mol. The predicted molar refractivity (Wildman–Crippen MR) is 93.8 cm³/mol. The second kappa shape index (κ2) is 7.82. The maximum atomic E-state index is 12.7. The van der Waals surface area contributed by atoms with Crippen molar-refractivity contribution in [3.05, 3.63) is 29.8 Å². The predicted octanol–water partition coefficient (Wildman–Crippen LogP) is 2.87. The SMILES string of the molecule is CC(C)COc1ccc(C(C)(C)C(=O)NC2CCCNC2)cc1. The van der Waals surface area contributed by atoms with E-state index in [0.717, 1.165) is 37.2 Å². The van der Waals surface area contributed by atoms with Crippen molar-refractivity contribution in [2.45, 2.75) is 52.0 Å². The summed E-state index contributed by atoms with van der Waals surface area (Å²) in [4.78, 5) is 12.7. The van der Waals surface area contributed by atoms with Gasteiger partial charge in [0.05, 0.1) is 12.0 Å². The molecule has 1 saturated heterocycles. The van der Waals surface area contributed by atoms with Crippen molar-refractivity contribution in [3.63, 3.8) is 0 Å². The molecule has 2 rings (SSSR count). The van der Waals surface area contributed by atoms with Gasteiger partial charge in [-0.15, -0.1) is 0 Å². The molecule has 1 amide bonds. The van der Waals surface area contributed by atoms with Gasteiger partial charge in [-0.1, -0.05) is 26.0 Å². The van der Waals surface area contributed by atoms with Crippen LogP contribution in [0.5, 0.6) is 5.75 Å². The van der Waals surface area contributed by atoms with E-state index >= 15 is 0 Å². The van der Waals surface area contributed by atoms with E-state index in [0.29, 0.717) is 12.5 Å². The van der Waals surface area contributed by atoms with Crippen molar-refractivity contribution in [2.24, 2.45) is 5.92 Å². The van der Waals surface area contributed by atoms with Gasteiger partial charge >= 0.3 is 0 Å². The Kier molecular flexibility index (Phi) is 6.05. The standard InChI is InChI=1S/C19H30N2O2/c1-14(2)13-23-17-9-7-15(8-10-17)19(3,4)18(22)21-16-6-5-11-20-12-16/h7-10,14,16,20H,5-6,11-13H2,1-4H3,(H,21,22). The fraction of sp³-hybridized carbons (Fsp3) is 0.632. The van der Waals surface area contributed by atoms with Crippen molar-refractivity contribution in [1.82, 2.24) is 10.6 Å². The first-order valence-electron chi connectivity index (χ1n) is 8.64. The Morgan fingerprint density at radius 2 is 2.04 bits per heavy atom. The van der Waals surface area contributed by atoms with E-state index in [1.807, 2.05) is 38.1 Å². The summed E-state index contributed by atoms with van der Waals surface area (Å²) in [6.07, 6.45) is 2.17. The van der Waals surface area contributed by atoms with E-state index in [-0.39, 0.29) is 11.9 Å². The fourth-order valence-electron chi connectivity index (χ4n) is 2.70. The number of hydrogen-bond acceptors (Lipinski definition) is 3. The summed E-state index contributed by atoms with van der Waals surface area (Å²) in [6, 6.07) is 8.14. The Labute approximate surface area is 140 Å². The third kappa shape index (κ3) is 4.96. The van der Waals surface area contributed by atoms with Crippen LogP contribution in [0.2, 0.25) is 0 Å². The lowest BCUT2D eigenvalue weighted by Crippen LogP contribution is -2.50. The van der Waals surface area contributed by atoms with Gasteiger partial charge in [0, 0.05) is 12.6 Å². The minimum absolute atomic E-state index is 0.0852. The summed E-state index contributed by atoms with van der Waals surface area (Å²) in [7, 11) is 0. The first-order valence-corrected chi connectivity index (χ1v) is 8.64. The van der Waals surface area contributed by atoms with Gasteiger partial charge in [-0.2, -0.15) is 0 Å². The number of carbonyl (C=O) groups excluding carboxylic acids is 1. The molecule has 128 valence electrons. The van der Waals surface area contributed by atoms with Crippen LogP contribution >= 0.6 is 0 Å². The van der Waals surface area contributed by atoms with Gasteiger partial charge in [-0.05, 0) is 56.8 Å². The quantitative estimate of drug-likeness (QED) is 0.848. The first-order chi connectivity index (χ1) is 10.9. The Morgan fingerprint density at radius 3 is 2.61 bits per heavy atom. The molecule has 0 bridgehead atoms. The molecule has 2 N–H and O–H groups in total. The molecule has 4 nitrogen and oxygen atoms in total. The van der Waals surface area contributed by atoms with E-state index < -0.39 is 5.41 Å². The van der Waals surface area contributed by atoms with Crippen LogP contribution in [0.1, 0.15) is 46.1 Å². The normalized spacial score (nSPS) is 18.7. The lowest BCUT2D eigenvalue weighted by atomic mass is 9.83. The van der Waals surface area contributed by atoms with E-state index in [9.17, 15) is 4.79 Å². The topological polar surface area (TPSA) is 50.4 Å². The number of rotatable bonds is 6. The second-order valence-electron chi connectivity index (χ2n) is 7.37. The highest BCUT2D eigenvalue weighted by Gasteiger charge is 2.31. The molecule has 1 atom stereocenters. The van der Waals surface area contributed by atoms with Crippen molar-refractivity contribution in [2.75, 3.05) is 19.7 Å². The third-order valence-electron chi connectivity index (χ3n) is 4.36. The molecule has 0 radical (unpaired) electrons. The Morgan fingerprint density at radius 1 is 1.35 bits per heavy atom. The number of carbonyl (C=O) groups is 1. The number of ether oxygens (including phenoxy) is 1. The van der Waals surface area contributed by atoms with Gasteiger partial charge < -0.3 is 15.4 Å². The van der Waals surface area contributed by atoms with Crippen LogP contribution < -0.4 is 15.4 Å². The summed E-state index contributed by atoms with van der Waals surface area (Å²) in [5.41, 5.74) is 0.462. The van der Waals surface area contributed by atoms with Gasteiger partial charge in [0.2, 0.25) is 5.91 Å². The lowest BCUT2D eigenvalue weighted by molar-refractivity contribution is -0.126. The Bertz CT molecular complexity index is 503. The summed E-state index contributed by atoms with van der Waals surface area (Å²) < 4.78 is 5.71. The third-order valence-corrected chi connectivity index (χ3v) is 4.36. The zero-order valence-corrected chi connectivity index (χ0v) is 14.8. The van der Waals surface area contributed by atoms with Gasteiger partial charge in [0.15, 0.2) is 0 Å². The van der Waals surface area contributed by atoms with Crippen molar-refractivity contribution in [3.8, 4) is 5.75 Å². The average Bonchev–Trinajstić information content (AvgIpc) is 2.54. The van der Waals surface area contributed by atoms with Gasteiger partial charge in [0.25, 0.3) is 0 Å². The van der Waals surface area contributed by atoms with Crippen molar-refractivity contribution >= 4 is 5.91 Å². The van der Waals surface area contributed by atoms with E-state index in [1.165, 1.54) is 0 Å². The zero-order valence-electron chi connectivity index (χ0n) is 14.8. The molecule has 1 aromatic carbocycles. The largest absolute Gasteiger partial charge is 0.493 e. The smallest absolute Gasteiger partial charge is 0.230 e. The minimum Gasteiger partial charge on any atom is -0.493 e. The number of benzene rings is 1. The van der Waals surface area contributed by atoms with E-state index in [1.54, 1.807) is 0 Å². The van der Waals surface area contributed by atoms with Crippen LogP contribution in [0.4, 0.5) is 0 Å². The van der Waals surface area contributed by atoms with Crippen LogP contribution in [0.15, 0.2) is 24.3 Å². The van der Waals surface area contributed by atoms with Crippen LogP contribution in [0.25, 0.3) is 0 Å². The maximum absolute atomic E-state index is 12.7. The monoisotopic (exact) mass is 318 g/mol. The summed E-state index contributed by atoms with van der Waals surface area (Å²) in [5, 5.41) is 6.51. The summed E-state index contributed by atoms with van der Waals surface area (Å²) in [5.74, 6) is 1.44. The van der Waals surface area contributed by atoms with Crippen LogP contribution in [0, 0.1) is 5.92 Å². The molecule has 23 heavy (non-hydrogen) atoms.